The third-order valence-electron chi connectivity index (χ3n) is 1.15. The minimum absolute atomic E-state index is 0.256. The van der Waals surface area contributed by atoms with E-state index in [-0.39, 0.29) is 12.1 Å². The van der Waals surface area contributed by atoms with Crippen LogP contribution in [-0.4, -0.2) is 39.2 Å². The summed E-state index contributed by atoms with van der Waals surface area (Å²) in [5.41, 5.74) is 0. The van der Waals surface area contributed by atoms with Gasteiger partial charge in [0.15, 0.2) is 0 Å². The second-order valence-electron chi connectivity index (χ2n) is 2.01. The van der Waals surface area contributed by atoms with Crippen molar-refractivity contribution in [2.45, 2.75) is 0 Å². The largest absolute Gasteiger partial charge is 0.341 e. The van der Waals surface area contributed by atoms with Crippen LogP contribution in [0.25, 0.3) is 0 Å². The zero-order valence-corrected chi connectivity index (χ0v) is 7.23. The van der Waals surface area contributed by atoms with E-state index in [0.717, 1.165) is 0 Å². The molecule has 0 radical (unpaired) electrons. The highest BCUT2D eigenvalue weighted by Gasteiger charge is 1.96. The molecule has 0 aromatic rings. The van der Waals surface area contributed by atoms with Gasteiger partial charge in [0, 0.05) is 27.2 Å². The molecule has 0 spiro atoms. The molecule has 12 heavy (non-hydrogen) atoms. The van der Waals surface area contributed by atoms with Crippen LogP contribution in [0.3, 0.4) is 0 Å². The van der Waals surface area contributed by atoms with Crippen LogP contribution >= 0.6 is 0 Å². The van der Waals surface area contributed by atoms with Crippen molar-refractivity contribution < 1.29 is 9.59 Å². The minimum Gasteiger partial charge on any atom is -0.341 e. The molecule has 6 nitrogen and oxygen atoms in total. The molecule has 0 aliphatic rings. The van der Waals surface area contributed by atoms with E-state index >= 15 is 0 Å². The lowest BCUT2D eigenvalue weighted by Gasteiger charge is -2.05. The molecule has 4 amide bonds. The van der Waals surface area contributed by atoms with Gasteiger partial charge in [0.2, 0.25) is 0 Å². The monoisotopic (exact) mass is 174 g/mol. The fourth-order valence-corrected chi connectivity index (χ4v) is 0.529. The standard InChI is InChI=1S/C6H14N4O2/c1-7-5(11)9-3-4-10-6(12)8-2/h3-4H2,1-2H3,(H2,7,9,11)(H2,8,10,12). The Hall–Kier alpha value is -1.46. The van der Waals surface area contributed by atoms with Gasteiger partial charge in [-0.1, -0.05) is 0 Å². The minimum atomic E-state index is -0.256. The summed E-state index contributed by atoms with van der Waals surface area (Å²) in [5.74, 6) is 0. The zero-order valence-electron chi connectivity index (χ0n) is 7.23. The Bertz CT molecular complexity index is 142. The maximum Gasteiger partial charge on any atom is 0.314 e. The van der Waals surface area contributed by atoms with Gasteiger partial charge >= 0.3 is 12.1 Å². The van der Waals surface area contributed by atoms with Gasteiger partial charge in [0.25, 0.3) is 0 Å². The second-order valence-corrected chi connectivity index (χ2v) is 2.01. The van der Waals surface area contributed by atoms with Crippen LogP contribution in [0, 0.1) is 0 Å². The Balaban J connectivity index is 3.21. The van der Waals surface area contributed by atoms with E-state index in [0.29, 0.717) is 13.1 Å². The fourth-order valence-electron chi connectivity index (χ4n) is 0.529. The predicted octanol–water partition coefficient (Wildman–Crippen LogP) is -1.16. The third kappa shape index (κ3) is 5.33. The summed E-state index contributed by atoms with van der Waals surface area (Å²) in [5, 5.41) is 9.82. The van der Waals surface area contributed by atoms with E-state index < -0.39 is 0 Å². The third-order valence-corrected chi connectivity index (χ3v) is 1.15. The number of carbonyl (C=O) groups excluding carboxylic acids is 2. The van der Waals surface area contributed by atoms with Crippen LogP contribution in [0.2, 0.25) is 0 Å². The lowest BCUT2D eigenvalue weighted by atomic mass is 10.6. The second kappa shape index (κ2) is 6.26. The van der Waals surface area contributed by atoms with Gasteiger partial charge in [-0.25, -0.2) is 9.59 Å². The van der Waals surface area contributed by atoms with Gasteiger partial charge in [0.05, 0.1) is 0 Å². The van der Waals surface area contributed by atoms with Crippen molar-refractivity contribution >= 4 is 12.1 Å². The molecule has 0 aromatic carbocycles. The zero-order chi connectivity index (χ0) is 9.40. The van der Waals surface area contributed by atoms with Crippen LogP contribution in [0.15, 0.2) is 0 Å². The molecule has 0 heterocycles. The molecule has 0 saturated heterocycles. The number of amides is 4. The van der Waals surface area contributed by atoms with Gasteiger partial charge in [-0.05, 0) is 0 Å². The van der Waals surface area contributed by atoms with Gasteiger partial charge < -0.3 is 21.3 Å². The number of hydrogen-bond acceptors (Lipinski definition) is 2. The highest BCUT2D eigenvalue weighted by Crippen LogP contribution is 1.63. The molecular weight excluding hydrogens is 160 g/mol. The lowest BCUT2D eigenvalue weighted by Crippen LogP contribution is -2.41. The normalized spacial score (nSPS) is 8.50. The van der Waals surface area contributed by atoms with Gasteiger partial charge in [-0.2, -0.15) is 0 Å². The molecule has 0 bridgehead atoms. The first-order valence-electron chi connectivity index (χ1n) is 3.62. The molecule has 0 aliphatic heterocycles. The Morgan fingerprint density at radius 1 is 0.917 bits per heavy atom. The lowest BCUT2D eigenvalue weighted by molar-refractivity contribution is 0.238. The molecule has 0 aromatic heterocycles. The van der Waals surface area contributed by atoms with Crippen LogP contribution < -0.4 is 21.3 Å². The smallest absolute Gasteiger partial charge is 0.314 e. The van der Waals surface area contributed by atoms with E-state index in [9.17, 15) is 9.59 Å². The molecular formula is C6H14N4O2. The van der Waals surface area contributed by atoms with Gasteiger partial charge in [0.1, 0.15) is 0 Å². The molecule has 4 N–H and O–H groups in total. The van der Waals surface area contributed by atoms with Crippen LogP contribution in [-0.2, 0) is 0 Å². The van der Waals surface area contributed by atoms with Crippen molar-refractivity contribution in [2.75, 3.05) is 27.2 Å². The first-order valence-corrected chi connectivity index (χ1v) is 3.62. The Kier molecular flexibility index (Phi) is 5.50. The van der Waals surface area contributed by atoms with Crippen LogP contribution in [0.4, 0.5) is 9.59 Å². The molecule has 0 atom stereocenters. The summed E-state index contributed by atoms with van der Waals surface area (Å²) < 4.78 is 0. The number of hydrogen-bond donors (Lipinski definition) is 4. The molecule has 0 unspecified atom stereocenters. The maximum atomic E-state index is 10.6. The summed E-state index contributed by atoms with van der Waals surface area (Å²) in [6, 6.07) is -0.512. The SMILES string of the molecule is CNC(=O)NCCNC(=O)NC. The summed E-state index contributed by atoms with van der Waals surface area (Å²) in [7, 11) is 3.06. The maximum absolute atomic E-state index is 10.6. The highest BCUT2D eigenvalue weighted by molar-refractivity contribution is 5.74. The van der Waals surface area contributed by atoms with Crippen molar-refractivity contribution in [2.24, 2.45) is 0 Å². The van der Waals surface area contributed by atoms with E-state index in [4.69, 9.17) is 0 Å². The van der Waals surface area contributed by atoms with Crippen LogP contribution in [0.1, 0.15) is 0 Å². The average molecular weight is 174 g/mol. The summed E-state index contributed by atoms with van der Waals surface area (Å²) >= 11 is 0. The van der Waals surface area contributed by atoms with E-state index in [1.165, 1.54) is 14.1 Å². The van der Waals surface area contributed by atoms with Crippen LogP contribution in [0.5, 0.6) is 0 Å². The quantitative estimate of drug-likeness (QED) is 0.407. The average Bonchev–Trinajstić information content (AvgIpc) is 2.11. The molecule has 0 rings (SSSR count). The van der Waals surface area contributed by atoms with Crippen molar-refractivity contribution in [3.8, 4) is 0 Å². The highest BCUT2D eigenvalue weighted by atomic mass is 16.2. The van der Waals surface area contributed by atoms with Crippen molar-refractivity contribution in [1.82, 2.24) is 21.3 Å². The summed E-state index contributed by atoms with van der Waals surface area (Å²) in [4.78, 5) is 21.2. The van der Waals surface area contributed by atoms with E-state index in [2.05, 4.69) is 21.3 Å². The predicted molar refractivity (Wildman–Crippen MR) is 44.9 cm³/mol. The fraction of sp³-hybridized carbons (Fsp3) is 0.667. The number of urea groups is 2. The van der Waals surface area contributed by atoms with Gasteiger partial charge in [-0.15, -0.1) is 0 Å². The topological polar surface area (TPSA) is 82.3 Å². The van der Waals surface area contributed by atoms with E-state index in [1.54, 1.807) is 0 Å². The molecule has 0 fully saturated rings. The van der Waals surface area contributed by atoms with Crippen molar-refractivity contribution in [3.05, 3.63) is 0 Å². The number of carbonyl (C=O) groups is 2. The van der Waals surface area contributed by atoms with Gasteiger partial charge in [-0.3, -0.25) is 0 Å². The number of nitrogens with one attached hydrogen (secondary N) is 4. The molecule has 0 aliphatic carbocycles. The van der Waals surface area contributed by atoms with Crippen molar-refractivity contribution in [1.29, 1.82) is 0 Å². The first-order chi connectivity index (χ1) is 5.70. The Morgan fingerprint density at radius 3 is 1.50 bits per heavy atom. The first kappa shape index (κ1) is 10.5. The molecule has 6 heteroatoms. The molecule has 70 valence electrons. The Labute approximate surface area is 71.1 Å². The van der Waals surface area contributed by atoms with E-state index in [1.807, 2.05) is 0 Å². The van der Waals surface area contributed by atoms with Crippen molar-refractivity contribution in [3.63, 3.8) is 0 Å². The number of rotatable bonds is 3. The summed E-state index contributed by atoms with van der Waals surface area (Å²) in [6.45, 7) is 0.820. The Morgan fingerprint density at radius 2 is 1.25 bits per heavy atom. The summed E-state index contributed by atoms with van der Waals surface area (Å²) in [6.07, 6.45) is 0. The molecule has 0 saturated carbocycles.